The normalized spacial score (nSPS) is 15.8. The number of ether oxygens (including phenoxy) is 2. The Labute approximate surface area is 149 Å². The molecule has 0 spiro atoms. The average molecular weight is 382 g/mol. The number of hydrogen-bond acceptors (Lipinski definition) is 3. The molecule has 1 unspecified atom stereocenters. The Balaban J connectivity index is 1.69. The molecule has 120 valence electrons. The van der Waals surface area contributed by atoms with Crippen molar-refractivity contribution in [3.05, 3.63) is 82.8 Å². The van der Waals surface area contributed by atoms with Gasteiger partial charge in [0.2, 0.25) is 0 Å². The Morgan fingerprint density at radius 1 is 0.917 bits per heavy atom. The summed E-state index contributed by atoms with van der Waals surface area (Å²) in [4.78, 5) is 0. The number of benzene rings is 3. The third-order valence-electron chi connectivity index (χ3n) is 3.96. The highest BCUT2D eigenvalue weighted by Gasteiger charge is 2.25. The minimum atomic E-state index is 0.0890. The van der Waals surface area contributed by atoms with E-state index in [1.165, 1.54) is 5.56 Å². The molecule has 4 heteroatoms. The topological polar surface area (TPSA) is 30.5 Å². The number of rotatable bonds is 3. The lowest BCUT2D eigenvalue weighted by atomic mass is 10.1. The molecule has 3 nitrogen and oxygen atoms in total. The zero-order chi connectivity index (χ0) is 16.4. The summed E-state index contributed by atoms with van der Waals surface area (Å²) in [5.74, 6) is 2.32. The predicted octanol–water partition coefficient (Wildman–Crippen LogP) is 5.79. The van der Waals surface area contributed by atoms with E-state index in [0.29, 0.717) is 6.61 Å². The van der Waals surface area contributed by atoms with Gasteiger partial charge in [-0.3, -0.25) is 0 Å². The molecule has 4 rings (SSSR count). The van der Waals surface area contributed by atoms with Crippen LogP contribution in [0, 0.1) is 0 Å². The van der Waals surface area contributed by atoms with Gasteiger partial charge >= 0.3 is 0 Å². The third kappa shape index (κ3) is 2.97. The maximum Gasteiger partial charge on any atom is 0.168 e. The summed E-state index contributed by atoms with van der Waals surface area (Å²) in [5, 5.41) is 3.56. The van der Waals surface area contributed by atoms with Crippen molar-refractivity contribution >= 4 is 21.6 Å². The van der Waals surface area contributed by atoms with Crippen LogP contribution in [0.25, 0.3) is 0 Å². The largest absolute Gasteiger partial charge is 0.489 e. The molecule has 1 N–H and O–H groups in total. The quantitative estimate of drug-likeness (QED) is 0.622. The molecule has 0 aliphatic carbocycles. The molecular weight excluding hydrogens is 366 g/mol. The fourth-order valence-corrected chi connectivity index (χ4v) is 3.17. The molecule has 0 saturated heterocycles. The van der Waals surface area contributed by atoms with Crippen LogP contribution in [0.1, 0.15) is 11.6 Å². The molecule has 0 amide bonds. The van der Waals surface area contributed by atoms with Crippen molar-refractivity contribution in [2.24, 2.45) is 0 Å². The molecule has 0 aromatic heterocycles. The van der Waals surface area contributed by atoms with Crippen molar-refractivity contribution in [1.82, 2.24) is 0 Å². The van der Waals surface area contributed by atoms with Crippen LogP contribution in [0.5, 0.6) is 17.2 Å². The SMILES string of the molecule is Brc1ccc2c(c1Oc1ccccc1)NC(c1ccccc1)CO2. The molecule has 3 aromatic rings. The number of anilines is 1. The van der Waals surface area contributed by atoms with Crippen LogP contribution in [0.3, 0.4) is 0 Å². The first-order chi connectivity index (χ1) is 11.8. The van der Waals surface area contributed by atoms with Gasteiger partial charge in [-0.05, 0) is 45.8 Å². The Kier molecular flexibility index (Phi) is 4.13. The molecular formula is C20H16BrNO2. The first kappa shape index (κ1) is 15.1. The van der Waals surface area contributed by atoms with Gasteiger partial charge < -0.3 is 14.8 Å². The van der Waals surface area contributed by atoms with Crippen molar-refractivity contribution < 1.29 is 9.47 Å². The van der Waals surface area contributed by atoms with E-state index in [4.69, 9.17) is 9.47 Å². The van der Waals surface area contributed by atoms with E-state index >= 15 is 0 Å². The van der Waals surface area contributed by atoms with Gasteiger partial charge in [-0.1, -0.05) is 48.5 Å². The third-order valence-corrected chi connectivity index (χ3v) is 4.58. The summed E-state index contributed by atoms with van der Waals surface area (Å²) in [5.41, 5.74) is 2.06. The van der Waals surface area contributed by atoms with Crippen LogP contribution >= 0.6 is 15.9 Å². The minimum Gasteiger partial charge on any atom is -0.489 e. The number of fused-ring (bicyclic) bond motifs is 1. The van der Waals surface area contributed by atoms with Gasteiger partial charge in [0.25, 0.3) is 0 Å². The lowest BCUT2D eigenvalue weighted by Crippen LogP contribution is -2.24. The summed E-state index contributed by atoms with van der Waals surface area (Å²) in [6.45, 7) is 0.587. The Morgan fingerprint density at radius 3 is 2.38 bits per heavy atom. The van der Waals surface area contributed by atoms with Crippen LogP contribution in [0.2, 0.25) is 0 Å². The zero-order valence-electron chi connectivity index (χ0n) is 12.9. The van der Waals surface area contributed by atoms with E-state index in [1.54, 1.807) is 0 Å². The van der Waals surface area contributed by atoms with Crippen molar-refractivity contribution in [3.63, 3.8) is 0 Å². The second-order valence-electron chi connectivity index (χ2n) is 5.58. The molecule has 1 aliphatic rings. The van der Waals surface area contributed by atoms with Crippen LogP contribution < -0.4 is 14.8 Å². The highest BCUT2D eigenvalue weighted by molar-refractivity contribution is 9.10. The predicted molar refractivity (Wildman–Crippen MR) is 99.0 cm³/mol. The second-order valence-corrected chi connectivity index (χ2v) is 6.44. The number of nitrogens with one attached hydrogen (secondary N) is 1. The maximum absolute atomic E-state index is 6.10. The summed E-state index contributed by atoms with van der Waals surface area (Å²) in [7, 11) is 0. The van der Waals surface area contributed by atoms with Gasteiger partial charge in [-0.25, -0.2) is 0 Å². The van der Waals surface area contributed by atoms with Gasteiger partial charge in [0.05, 0.1) is 10.5 Å². The van der Waals surface area contributed by atoms with Crippen LogP contribution in [0.15, 0.2) is 77.3 Å². The molecule has 0 bridgehead atoms. The van der Waals surface area contributed by atoms with E-state index in [2.05, 4.69) is 33.4 Å². The van der Waals surface area contributed by atoms with E-state index in [1.807, 2.05) is 60.7 Å². The minimum absolute atomic E-state index is 0.0890. The van der Waals surface area contributed by atoms with E-state index in [9.17, 15) is 0 Å². The highest BCUT2D eigenvalue weighted by atomic mass is 79.9. The standard InChI is InChI=1S/C20H16BrNO2/c21-16-11-12-18-19(20(16)24-15-9-5-2-6-10-15)22-17(13-23-18)14-7-3-1-4-8-14/h1-12,17,22H,13H2. The van der Waals surface area contributed by atoms with Gasteiger partial charge in [-0.2, -0.15) is 0 Å². The first-order valence-corrected chi connectivity index (χ1v) is 8.60. The Morgan fingerprint density at radius 2 is 1.62 bits per heavy atom. The monoisotopic (exact) mass is 381 g/mol. The molecule has 3 aromatic carbocycles. The summed E-state index contributed by atoms with van der Waals surface area (Å²) < 4.78 is 12.9. The molecule has 24 heavy (non-hydrogen) atoms. The molecule has 0 saturated carbocycles. The number of para-hydroxylation sites is 1. The Hall–Kier alpha value is -2.46. The van der Waals surface area contributed by atoms with Crippen LogP contribution in [-0.2, 0) is 0 Å². The van der Waals surface area contributed by atoms with Gasteiger partial charge in [0, 0.05) is 0 Å². The van der Waals surface area contributed by atoms with Crippen molar-refractivity contribution in [1.29, 1.82) is 0 Å². The lowest BCUT2D eigenvalue weighted by Gasteiger charge is -2.29. The molecule has 0 radical (unpaired) electrons. The second kappa shape index (κ2) is 6.57. The van der Waals surface area contributed by atoms with Crippen LogP contribution in [-0.4, -0.2) is 6.61 Å². The molecule has 1 aliphatic heterocycles. The first-order valence-electron chi connectivity index (χ1n) is 7.81. The summed E-state index contributed by atoms with van der Waals surface area (Å²) in [6, 6.07) is 24.0. The maximum atomic E-state index is 6.10. The van der Waals surface area contributed by atoms with Crippen molar-refractivity contribution in [2.75, 3.05) is 11.9 Å². The van der Waals surface area contributed by atoms with Crippen molar-refractivity contribution in [2.45, 2.75) is 6.04 Å². The fraction of sp³-hybridized carbons (Fsp3) is 0.100. The number of hydrogen-bond donors (Lipinski definition) is 1. The van der Waals surface area contributed by atoms with Crippen molar-refractivity contribution in [3.8, 4) is 17.2 Å². The van der Waals surface area contributed by atoms with E-state index in [-0.39, 0.29) is 6.04 Å². The van der Waals surface area contributed by atoms with Gasteiger partial charge in [-0.15, -0.1) is 0 Å². The summed E-state index contributed by atoms with van der Waals surface area (Å²) >= 11 is 3.59. The van der Waals surface area contributed by atoms with Gasteiger partial charge in [0.15, 0.2) is 5.75 Å². The molecule has 1 atom stereocenters. The zero-order valence-corrected chi connectivity index (χ0v) is 14.5. The smallest absolute Gasteiger partial charge is 0.168 e. The molecule has 0 fully saturated rings. The van der Waals surface area contributed by atoms with Gasteiger partial charge in [0.1, 0.15) is 23.8 Å². The average Bonchev–Trinajstić information content (AvgIpc) is 2.65. The Bertz CT molecular complexity index is 837. The number of halogens is 1. The summed E-state index contributed by atoms with van der Waals surface area (Å²) in [6.07, 6.45) is 0. The lowest BCUT2D eigenvalue weighted by molar-refractivity contribution is 0.284. The fourth-order valence-electron chi connectivity index (χ4n) is 2.76. The highest BCUT2D eigenvalue weighted by Crippen LogP contribution is 2.46. The molecule has 1 heterocycles. The van der Waals surface area contributed by atoms with E-state index in [0.717, 1.165) is 27.4 Å². The van der Waals surface area contributed by atoms with Crippen LogP contribution in [0.4, 0.5) is 5.69 Å². The van der Waals surface area contributed by atoms with E-state index < -0.39 is 0 Å².